The number of ether oxygens (including phenoxy) is 5. The molecule has 1 saturated heterocycles. The van der Waals surface area contributed by atoms with Gasteiger partial charge in [-0.1, -0.05) is 0 Å². The lowest BCUT2D eigenvalue weighted by molar-refractivity contribution is -0.239. The summed E-state index contributed by atoms with van der Waals surface area (Å²) in [6, 6.07) is 1.60. The molecule has 0 aromatic carbocycles. The lowest BCUT2D eigenvalue weighted by atomic mass is 10.0. The first kappa shape index (κ1) is 22.3. The molecule has 1 fully saturated rings. The van der Waals surface area contributed by atoms with Gasteiger partial charge in [-0.2, -0.15) is 4.98 Å². The zero-order valence-corrected chi connectivity index (χ0v) is 17.7. The average Bonchev–Trinajstić information content (AvgIpc) is 3.10. The highest BCUT2D eigenvalue weighted by Gasteiger charge is 2.48. The van der Waals surface area contributed by atoms with Crippen molar-refractivity contribution in [2.45, 2.75) is 45.3 Å². The lowest BCUT2D eigenvalue weighted by Crippen LogP contribution is -2.55. The third-order valence-electron chi connectivity index (χ3n) is 4.69. The average molecular weight is 437 g/mol. The summed E-state index contributed by atoms with van der Waals surface area (Å²) in [4.78, 5) is 52.0. The Bertz CT molecular complexity index is 1070. The molecule has 3 heterocycles. The summed E-state index contributed by atoms with van der Waals surface area (Å²) in [6.45, 7) is 3.41. The zero-order chi connectivity index (χ0) is 22.9. The fourth-order valence-corrected chi connectivity index (χ4v) is 3.51. The maximum atomic E-state index is 12.6. The topological polar surface area (TPSA) is 137 Å². The predicted molar refractivity (Wildman–Crippen MR) is 103 cm³/mol. The molecule has 12 nitrogen and oxygen atoms in total. The number of rotatable bonds is 5. The third kappa shape index (κ3) is 4.38. The van der Waals surface area contributed by atoms with Crippen molar-refractivity contribution in [3.05, 3.63) is 22.6 Å². The number of esters is 3. The summed E-state index contributed by atoms with van der Waals surface area (Å²) >= 11 is 0. The van der Waals surface area contributed by atoms with Crippen molar-refractivity contribution in [3.63, 3.8) is 0 Å². The van der Waals surface area contributed by atoms with Crippen LogP contribution in [0.2, 0.25) is 0 Å². The second-order valence-electron chi connectivity index (χ2n) is 6.94. The molecule has 0 spiro atoms. The van der Waals surface area contributed by atoms with Gasteiger partial charge in [0.25, 0.3) is 5.56 Å². The van der Waals surface area contributed by atoms with Crippen molar-refractivity contribution in [1.82, 2.24) is 14.1 Å². The maximum absolute atomic E-state index is 12.6. The Balaban J connectivity index is 2.11. The molecule has 0 amide bonds. The minimum Gasteiger partial charge on any atom is -0.468 e. The van der Waals surface area contributed by atoms with Crippen LogP contribution in [0.15, 0.2) is 17.1 Å². The van der Waals surface area contributed by atoms with E-state index in [4.69, 9.17) is 23.7 Å². The summed E-state index contributed by atoms with van der Waals surface area (Å²) in [6.07, 6.45) is -2.82. The van der Waals surface area contributed by atoms with E-state index in [1.807, 2.05) is 0 Å². The van der Waals surface area contributed by atoms with Gasteiger partial charge >= 0.3 is 23.9 Å². The molecule has 0 N–H and O–H groups in total. The highest BCUT2D eigenvalue weighted by atomic mass is 16.6. The van der Waals surface area contributed by atoms with Crippen LogP contribution >= 0.6 is 0 Å². The van der Waals surface area contributed by atoms with E-state index in [0.29, 0.717) is 0 Å². The third-order valence-corrected chi connectivity index (χ3v) is 4.69. The van der Waals surface area contributed by atoms with Crippen molar-refractivity contribution in [1.29, 1.82) is 0 Å². The maximum Gasteiger partial charge on any atom is 0.303 e. The van der Waals surface area contributed by atoms with Crippen molar-refractivity contribution < 1.29 is 38.1 Å². The number of methoxy groups -OCH3 is 1. The van der Waals surface area contributed by atoms with Crippen LogP contribution in [0, 0.1) is 0 Å². The minimum absolute atomic E-state index is 0.0617. The highest BCUT2D eigenvalue weighted by molar-refractivity contribution is 5.75. The normalized spacial score (nSPS) is 23.3. The number of carbonyl (C=O) groups is 3. The number of hydrogen-bond acceptors (Lipinski definition) is 10. The van der Waals surface area contributed by atoms with E-state index in [-0.39, 0.29) is 29.2 Å². The van der Waals surface area contributed by atoms with Crippen LogP contribution in [0.5, 0.6) is 6.01 Å². The number of nitrogens with zero attached hydrogens (tertiary/aromatic N) is 3. The second kappa shape index (κ2) is 8.76. The first-order valence-corrected chi connectivity index (χ1v) is 9.38. The standard InChI is InChI=1S/C19H23N3O9/c1-9(23)29-13-8-28-18(15(31-11(3)25)14(13)30-10(2)24)22-7-6-12-16(22)20-19(27-5)21(4)17(12)26/h6-7,13-15,18H,8H2,1-5H3/t13-,14-,15-,18+/m1/s1. The summed E-state index contributed by atoms with van der Waals surface area (Å²) in [5, 5.41) is 0.277. The summed E-state index contributed by atoms with van der Waals surface area (Å²) < 4.78 is 29.7. The molecular formula is C19H23N3O9. The first-order valence-electron chi connectivity index (χ1n) is 9.38. The fraction of sp³-hybridized carbons (Fsp3) is 0.526. The number of fused-ring (bicyclic) bond motifs is 1. The summed E-state index contributed by atoms with van der Waals surface area (Å²) in [5.74, 6) is -1.95. The molecule has 2 aromatic heterocycles. The molecule has 4 atom stereocenters. The molecule has 168 valence electrons. The monoisotopic (exact) mass is 437 g/mol. The molecule has 1 aliphatic rings. The fourth-order valence-electron chi connectivity index (χ4n) is 3.51. The summed E-state index contributed by atoms with van der Waals surface area (Å²) in [5.41, 5.74) is -0.135. The van der Waals surface area contributed by atoms with E-state index in [2.05, 4.69) is 4.98 Å². The van der Waals surface area contributed by atoms with E-state index in [0.717, 1.165) is 0 Å². The Hall–Kier alpha value is -3.41. The lowest BCUT2D eigenvalue weighted by Gasteiger charge is -2.40. The molecule has 1 aliphatic heterocycles. The van der Waals surface area contributed by atoms with Gasteiger partial charge in [0.2, 0.25) is 0 Å². The van der Waals surface area contributed by atoms with E-state index >= 15 is 0 Å². The summed E-state index contributed by atoms with van der Waals surface area (Å²) in [7, 11) is 2.89. The van der Waals surface area contributed by atoms with Gasteiger partial charge in [-0.25, -0.2) is 0 Å². The van der Waals surface area contributed by atoms with Crippen LogP contribution in [0.3, 0.4) is 0 Å². The Kier molecular flexibility index (Phi) is 6.29. The molecule has 0 radical (unpaired) electrons. The Morgan fingerprint density at radius 2 is 1.68 bits per heavy atom. The van der Waals surface area contributed by atoms with Crippen molar-refractivity contribution in [2.75, 3.05) is 13.7 Å². The highest BCUT2D eigenvalue weighted by Crippen LogP contribution is 2.32. The Morgan fingerprint density at radius 1 is 1.06 bits per heavy atom. The van der Waals surface area contributed by atoms with Crippen molar-refractivity contribution >= 4 is 28.9 Å². The van der Waals surface area contributed by atoms with Gasteiger partial charge in [-0.05, 0) is 6.07 Å². The molecule has 0 saturated carbocycles. The van der Waals surface area contributed by atoms with E-state index < -0.39 is 42.4 Å². The number of aromatic nitrogens is 3. The van der Waals surface area contributed by atoms with Gasteiger partial charge in [0, 0.05) is 34.0 Å². The van der Waals surface area contributed by atoms with Gasteiger partial charge in [0.05, 0.1) is 19.1 Å². The first-order chi connectivity index (χ1) is 14.6. The number of carbonyl (C=O) groups excluding carboxylic acids is 3. The predicted octanol–water partition coefficient (Wildman–Crippen LogP) is 0.0675. The van der Waals surface area contributed by atoms with Crippen LogP contribution < -0.4 is 10.3 Å². The van der Waals surface area contributed by atoms with Crippen LogP contribution in [0.25, 0.3) is 11.0 Å². The van der Waals surface area contributed by atoms with Gasteiger partial charge in [-0.15, -0.1) is 0 Å². The van der Waals surface area contributed by atoms with Crippen LogP contribution in [0.1, 0.15) is 27.0 Å². The van der Waals surface area contributed by atoms with Crippen LogP contribution in [-0.2, 0) is 40.4 Å². The molecule has 0 unspecified atom stereocenters. The van der Waals surface area contributed by atoms with Gasteiger partial charge in [0.15, 0.2) is 30.2 Å². The quantitative estimate of drug-likeness (QED) is 0.466. The largest absolute Gasteiger partial charge is 0.468 e. The van der Waals surface area contributed by atoms with Crippen LogP contribution in [-0.4, -0.2) is 64.1 Å². The Labute approximate surface area is 176 Å². The van der Waals surface area contributed by atoms with Crippen molar-refractivity contribution in [3.8, 4) is 6.01 Å². The van der Waals surface area contributed by atoms with E-state index in [1.165, 1.54) is 56.3 Å². The zero-order valence-electron chi connectivity index (χ0n) is 17.7. The molecule has 31 heavy (non-hydrogen) atoms. The van der Waals surface area contributed by atoms with Gasteiger partial charge in [0.1, 0.15) is 0 Å². The Morgan fingerprint density at radius 3 is 2.26 bits per heavy atom. The second-order valence-corrected chi connectivity index (χ2v) is 6.94. The van der Waals surface area contributed by atoms with E-state index in [9.17, 15) is 19.2 Å². The van der Waals surface area contributed by atoms with Gasteiger partial charge < -0.3 is 28.3 Å². The SMILES string of the molecule is COc1nc2c(ccn2[C@H]2OC[C@@H](OC(C)=O)[C@@H](OC(C)=O)[C@H]2OC(C)=O)c(=O)n1C. The smallest absolute Gasteiger partial charge is 0.303 e. The minimum atomic E-state index is -1.19. The molecule has 0 bridgehead atoms. The molecule has 3 rings (SSSR count). The van der Waals surface area contributed by atoms with Gasteiger partial charge in [-0.3, -0.25) is 23.7 Å². The van der Waals surface area contributed by atoms with E-state index in [1.54, 1.807) is 0 Å². The molecular weight excluding hydrogens is 414 g/mol. The molecule has 12 heteroatoms. The molecule has 0 aliphatic carbocycles. The molecule has 2 aromatic rings. The van der Waals surface area contributed by atoms with Crippen molar-refractivity contribution in [2.24, 2.45) is 7.05 Å². The van der Waals surface area contributed by atoms with Crippen LogP contribution in [0.4, 0.5) is 0 Å². The number of hydrogen-bond donors (Lipinski definition) is 0.